The highest BCUT2D eigenvalue weighted by atomic mass is 35.5. The average Bonchev–Trinajstić information content (AvgIpc) is 2.82. The summed E-state index contributed by atoms with van der Waals surface area (Å²) in [5.41, 5.74) is 1.29. The van der Waals surface area contributed by atoms with Crippen molar-refractivity contribution >= 4 is 47.2 Å². The number of halogens is 1. The van der Waals surface area contributed by atoms with E-state index in [0.717, 1.165) is 10.5 Å². The molecule has 1 aliphatic rings. The van der Waals surface area contributed by atoms with Crippen LogP contribution in [0.2, 0.25) is 5.02 Å². The number of rotatable bonds is 6. The van der Waals surface area contributed by atoms with Crippen molar-refractivity contribution < 1.29 is 29.0 Å². The van der Waals surface area contributed by atoms with Crippen molar-refractivity contribution in [3.63, 3.8) is 0 Å². The molecule has 4 amide bonds. The molecule has 170 valence electrons. The molecule has 4 rings (SSSR count). The molecule has 0 aromatic heterocycles. The zero-order valence-electron chi connectivity index (χ0n) is 17.5. The topological polar surface area (TPSA) is 113 Å². The molecule has 9 heteroatoms. The zero-order chi connectivity index (χ0) is 24.2. The second-order valence-corrected chi connectivity index (χ2v) is 7.67. The highest BCUT2D eigenvalue weighted by Gasteiger charge is 2.36. The lowest BCUT2D eigenvalue weighted by molar-refractivity contribution is -0.122. The molecule has 0 atom stereocenters. The van der Waals surface area contributed by atoms with Crippen LogP contribution in [0.1, 0.15) is 21.5 Å². The summed E-state index contributed by atoms with van der Waals surface area (Å²) in [6, 6.07) is 18.3. The number of imide groups is 2. The lowest BCUT2D eigenvalue weighted by atomic mass is 10.1. The Hall–Kier alpha value is -4.43. The molecule has 2 N–H and O–H groups in total. The number of hydrogen-bond acceptors (Lipinski definition) is 5. The maximum Gasteiger partial charge on any atom is 0.335 e. The van der Waals surface area contributed by atoms with E-state index in [2.05, 4.69) is 5.32 Å². The van der Waals surface area contributed by atoms with Gasteiger partial charge in [-0.15, -0.1) is 0 Å². The van der Waals surface area contributed by atoms with Gasteiger partial charge in [-0.1, -0.05) is 41.9 Å². The summed E-state index contributed by atoms with van der Waals surface area (Å²) in [6.07, 6.45) is 1.30. The molecule has 1 saturated heterocycles. The first kappa shape index (κ1) is 22.8. The number of carbonyl (C=O) groups is 4. The Morgan fingerprint density at radius 2 is 1.65 bits per heavy atom. The van der Waals surface area contributed by atoms with Crippen LogP contribution >= 0.6 is 11.6 Å². The quantitative estimate of drug-likeness (QED) is 0.405. The van der Waals surface area contributed by atoms with E-state index < -0.39 is 23.8 Å². The van der Waals surface area contributed by atoms with E-state index in [1.165, 1.54) is 42.5 Å². The molecule has 0 saturated carbocycles. The van der Waals surface area contributed by atoms with Gasteiger partial charge in [-0.05, 0) is 54.1 Å². The van der Waals surface area contributed by atoms with E-state index in [4.69, 9.17) is 21.4 Å². The Bertz CT molecular complexity index is 1320. The van der Waals surface area contributed by atoms with Crippen LogP contribution in [0.4, 0.5) is 10.5 Å². The highest BCUT2D eigenvalue weighted by Crippen LogP contribution is 2.25. The number of aromatic carboxylic acids is 1. The van der Waals surface area contributed by atoms with E-state index in [-0.39, 0.29) is 23.4 Å². The lowest BCUT2D eigenvalue weighted by Gasteiger charge is -2.26. The Kier molecular flexibility index (Phi) is 6.42. The molecular formula is C25H17ClN2O6. The third-order valence-electron chi connectivity index (χ3n) is 5.02. The van der Waals surface area contributed by atoms with Crippen LogP contribution in [0.25, 0.3) is 6.08 Å². The van der Waals surface area contributed by atoms with Crippen LogP contribution in [0.5, 0.6) is 5.75 Å². The van der Waals surface area contributed by atoms with Crippen LogP contribution in [-0.4, -0.2) is 28.9 Å². The number of urea groups is 1. The molecule has 0 bridgehead atoms. The van der Waals surface area contributed by atoms with Gasteiger partial charge in [0.05, 0.1) is 11.3 Å². The van der Waals surface area contributed by atoms with Gasteiger partial charge in [-0.3, -0.25) is 14.9 Å². The van der Waals surface area contributed by atoms with Crippen molar-refractivity contribution in [1.29, 1.82) is 0 Å². The van der Waals surface area contributed by atoms with Gasteiger partial charge in [0.1, 0.15) is 17.9 Å². The van der Waals surface area contributed by atoms with Crippen molar-refractivity contribution in [2.45, 2.75) is 6.61 Å². The summed E-state index contributed by atoms with van der Waals surface area (Å²) in [7, 11) is 0. The molecule has 0 radical (unpaired) electrons. The SMILES string of the molecule is O=C1NC(=O)N(c2ccc(OCc3ccccc3Cl)cc2)C(=O)/C1=C/c1ccc(C(=O)O)cc1. The fourth-order valence-electron chi connectivity index (χ4n) is 3.25. The van der Waals surface area contributed by atoms with Gasteiger partial charge in [0.15, 0.2) is 0 Å². The second kappa shape index (κ2) is 9.60. The van der Waals surface area contributed by atoms with E-state index in [9.17, 15) is 19.2 Å². The van der Waals surface area contributed by atoms with E-state index in [1.807, 2.05) is 18.2 Å². The van der Waals surface area contributed by atoms with Crippen LogP contribution in [-0.2, 0) is 16.2 Å². The van der Waals surface area contributed by atoms with Gasteiger partial charge >= 0.3 is 12.0 Å². The molecule has 1 aliphatic heterocycles. The monoisotopic (exact) mass is 476 g/mol. The molecule has 8 nitrogen and oxygen atoms in total. The number of benzene rings is 3. The molecule has 0 spiro atoms. The minimum Gasteiger partial charge on any atom is -0.489 e. The van der Waals surface area contributed by atoms with Crippen molar-refractivity contribution in [1.82, 2.24) is 5.32 Å². The second-order valence-electron chi connectivity index (χ2n) is 7.26. The average molecular weight is 477 g/mol. The standard InChI is InChI=1S/C25H17ClN2O6/c26-21-4-2-1-3-17(21)14-34-19-11-9-18(10-12-19)28-23(30)20(22(29)27-25(28)33)13-15-5-7-16(8-6-15)24(31)32/h1-13H,14H2,(H,31,32)(H,27,29,33)/b20-13+. The lowest BCUT2D eigenvalue weighted by Crippen LogP contribution is -2.54. The Balaban J connectivity index is 1.53. The van der Waals surface area contributed by atoms with Gasteiger partial charge in [0, 0.05) is 10.6 Å². The minimum absolute atomic E-state index is 0.0650. The summed E-state index contributed by atoms with van der Waals surface area (Å²) < 4.78 is 5.72. The van der Waals surface area contributed by atoms with Crippen LogP contribution in [0, 0.1) is 0 Å². The van der Waals surface area contributed by atoms with E-state index >= 15 is 0 Å². The summed E-state index contributed by atoms with van der Waals surface area (Å²) in [5, 5.41) is 11.7. The van der Waals surface area contributed by atoms with E-state index in [0.29, 0.717) is 16.3 Å². The highest BCUT2D eigenvalue weighted by molar-refractivity contribution is 6.39. The van der Waals surface area contributed by atoms with Crippen LogP contribution in [0.3, 0.4) is 0 Å². The van der Waals surface area contributed by atoms with Gasteiger partial charge in [-0.2, -0.15) is 0 Å². The van der Waals surface area contributed by atoms with Crippen LogP contribution in [0.15, 0.2) is 78.4 Å². The van der Waals surface area contributed by atoms with Gasteiger partial charge < -0.3 is 9.84 Å². The third kappa shape index (κ3) is 4.82. The number of carboxylic acids is 1. The number of carboxylic acid groups (broad SMARTS) is 1. The maximum absolute atomic E-state index is 13.0. The predicted octanol–water partition coefficient (Wildman–Crippen LogP) is 4.28. The first-order valence-corrected chi connectivity index (χ1v) is 10.4. The van der Waals surface area contributed by atoms with Gasteiger partial charge in [0.2, 0.25) is 0 Å². The summed E-state index contributed by atoms with van der Waals surface area (Å²) >= 11 is 6.13. The fourth-order valence-corrected chi connectivity index (χ4v) is 3.44. The molecule has 34 heavy (non-hydrogen) atoms. The molecule has 1 heterocycles. The third-order valence-corrected chi connectivity index (χ3v) is 5.39. The number of carbonyl (C=O) groups excluding carboxylic acids is 3. The van der Waals surface area contributed by atoms with Gasteiger partial charge in [-0.25, -0.2) is 14.5 Å². The number of anilines is 1. The first-order chi connectivity index (χ1) is 16.3. The molecule has 3 aromatic carbocycles. The molecular weight excluding hydrogens is 460 g/mol. The summed E-state index contributed by atoms with van der Waals surface area (Å²) in [4.78, 5) is 49.5. The predicted molar refractivity (Wildman–Crippen MR) is 125 cm³/mol. The molecule has 3 aromatic rings. The van der Waals surface area contributed by atoms with Crippen LogP contribution < -0.4 is 15.0 Å². The molecule has 0 aliphatic carbocycles. The largest absolute Gasteiger partial charge is 0.489 e. The number of nitrogens with zero attached hydrogens (tertiary/aromatic N) is 1. The Morgan fingerprint density at radius 3 is 2.29 bits per heavy atom. The van der Waals surface area contributed by atoms with Crippen molar-refractivity contribution in [3.05, 3.63) is 100 Å². The fraction of sp³-hybridized carbons (Fsp3) is 0.0400. The van der Waals surface area contributed by atoms with Gasteiger partial charge in [0.25, 0.3) is 11.8 Å². The van der Waals surface area contributed by atoms with Crippen molar-refractivity contribution in [2.75, 3.05) is 4.90 Å². The summed E-state index contributed by atoms with van der Waals surface area (Å²) in [5.74, 6) is -2.24. The number of nitrogens with one attached hydrogen (secondary N) is 1. The number of barbiturate groups is 1. The first-order valence-electron chi connectivity index (χ1n) is 10.0. The molecule has 1 fully saturated rings. The van der Waals surface area contributed by atoms with Crippen molar-refractivity contribution in [2.24, 2.45) is 0 Å². The molecule has 0 unspecified atom stereocenters. The number of hydrogen-bond donors (Lipinski definition) is 2. The number of ether oxygens (including phenoxy) is 1. The number of amides is 4. The Labute approximate surface area is 199 Å². The summed E-state index contributed by atoms with van der Waals surface area (Å²) in [6.45, 7) is 0.240. The minimum atomic E-state index is -1.10. The zero-order valence-corrected chi connectivity index (χ0v) is 18.3. The Morgan fingerprint density at radius 1 is 0.971 bits per heavy atom. The smallest absolute Gasteiger partial charge is 0.335 e. The van der Waals surface area contributed by atoms with Crippen molar-refractivity contribution in [3.8, 4) is 5.75 Å². The van der Waals surface area contributed by atoms with E-state index in [1.54, 1.807) is 18.2 Å². The maximum atomic E-state index is 13.0. The normalized spacial score (nSPS) is 14.8.